The van der Waals surface area contributed by atoms with Gasteiger partial charge in [-0.25, -0.2) is 13.1 Å². The van der Waals surface area contributed by atoms with Gasteiger partial charge in [-0.05, 0) is 25.6 Å². The Bertz CT molecular complexity index is 455. The van der Waals surface area contributed by atoms with Gasteiger partial charge in [0.25, 0.3) is 0 Å². The largest absolute Gasteiger partial charge is 0.384 e. The minimum absolute atomic E-state index is 0.265. The van der Waals surface area contributed by atoms with E-state index in [1.165, 1.54) is 7.05 Å². The summed E-state index contributed by atoms with van der Waals surface area (Å²) in [4.78, 5) is 0.265. The van der Waals surface area contributed by atoms with Crippen molar-refractivity contribution in [3.63, 3.8) is 0 Å². The highest BCUT2D eigenvalue weighted by molar-refractivity contribution is 7.89. The fraction of sp³-hybridized carbons (Fsp3) is 0.273. The van der Waals surface area contributed by atoms with Crippen LogP contribution >= 0.6 is 0 Å². The third-order valence-corrected chi connectivity index (χ3v) is 3.58. The number of hydrogen-bond acceptors (Lipinski definition) is 3. The fourth-order valence-electron chi connectivity index (χ4n) is 1.27. The minimum Gasteiger partial charge on any atom is -0.384 e. The normalized spacial score (nSPS) is 11.1. The van der Waals surface area contributed by atoms with Gasteiger partial charge in [-0.1, -0.05) is 18.2 Å². The van der Waals surface area contributed by atoms with Crippen LogP contribution in [-0.2, 0) is 10.0 Å². The summed E-state index contributed by atoms with van der Waals surface area (Å²) in [5.41, 5.74) is 0.610. The monoisotopic (exact) mass is 240 g/mol. The highest BCUT2D eigenvalue weighted by Gasteiger charge is 2.15. The van der Waals surface area contributed by atoms with Gasteiger partial charge in [0.05, 0.1) is 5.69 Å². The Morgan fingerprint density at radius 3 is 2.69 bits per heavy atom. The van der Waals surface area contributed by atoms with Gasteiger partial charge in [-0.2, -0.15) is 0 Å². The van der Waals surface area contributed by atoms with E-state index >= 15 is 0 Å². The van der Waals surface area contributed by atoms with Crippen LogP contribution in [-0.4, -0.2) is 22.0 Å². The van der Waals surface area contributed by atoms with Crippen LogP contribution in [0, 0.1) is 0 Å². The summed E-state index contributed by atoms with van der Waals surface area (Å²) < 4.78 is 25.7. The molecular formula is C11H16N2O2S. The molecule has 0 atom stereocenters. The van der Waals surface area contributed by atoms with Gasteiger partial charge in [0, 0.05) is 6.54 Å². The predicted molar refractivity (Wildman–Crippen MR) is 66.0 cm³/mol. The summed E-state index contributed by atoms with van der Waals surface area (Å²) in [5.74, 6) is 0. The molecule has 0 spiro atoms. The average Bonchev–Trinajstić information content (AvgIpc) is 2.30. The zero-order valence-corrected chi connectivity index (χ0v) is 10.0. The van der Waals surface area contributed by atoms with Crippen molar-refractivity contribution in [1.82, 2.24) is 4.72 Å². The van der Waals surface area contributed by atoms with Gasteiger partial charge in [0.2, 0.25) is 10.0 Å². The zero-order chi connectivity index (χ0) is 12.0. The van der Waals surface area contributed by atoms with Crippen molar-refractivity contribution in [2.75, 3.05) is 18.9 Å². The van der Waals surface area contributed by atoms with Crippen molar-refractivity contribution in [1.29, 1.82) is 0 Å². The van der Waals surface area contributed by atoms with Crippen molar-refractivity contribution in [3.05, 3.63) is 36.9 Å². The van der Waals surface area contributed by atoms with E-state index < -0.39 is 10.0 Å². The van der Waals surface area contributed by atoms with Crippen LogP contribution in [0.4, 0.5) is 5.69 Å². The number of nitrogens with one attached hydrogen (secondary N) is 2. The van der Waals surface area contributed by atoms with Crippen molar-refractivity contribution in [2.24, 2.45) is 0 Å². The fourth-order valence-corrected chi connectivity index (χ4v) is 2.17. The molecule has 0 amide bonds. The molecule has 16 heavy (non-hydrogen) atoms. The standard InChI is InChI=1S/C11H16N2O2S/c1-3-4-9-13-10-7-5-6-8-11(10)16(14,15)12-2/h3,5-8,12-13H,1,4,9H2,2H3. The number of anilines is 1. The molecule has 0 unspecified atom stereocenters. The highest BCUT2D eigenvalue weighted by Crippen LogP contribution is 2.20. The van der Waals surface area contributed by atoms with Crippen molar-refractivity contribution in [3.8, 4) is 0 Å². The lowest BCUT2D eigenvalue weighted by atomic mass is 10.3. The maximum absolute atomic E-state index is 11.7. The molecule has 0 aliphatic carbocycles. The Kier molecular flexibility index (Phi) is 4.52. The smallest absolute Gasteiger partial charge is 0.242 e. The van der Waals surface area contributed by atoms with E-state index in [1.807, 2.05) is 0 Å². The van der Waals surface area contributed by atoms with Crippen molar-refractivity contribution >= 4 is 15.7 Å². The minimum atomic E-state index is -3.40. The number of rotatable bonds is 6. The van der Waals surface area contributed by atoms with Crippen LogP contribution in [0.25, 0.3) is 0 Å². The third kappa shape index (κ3) is 3.08. The Morgan fingerprint density at radius 2 is 2.06 bits per heavy atom. The summed E-state index contributed by atoms with van der Waals surface area (Å²) in [6.45, 7) is 4.28. The van der Waals surface area contributed by atoms with Gasteiger partial charge in [0.15, 0.2) is 0 Å². The average molecular weight is 240 g/mol. The molecule has 0 aliphatic heterocycles. The molecule has 1 aromatic carbocycles. The van der Waals surface area contributed by atoms with E-state index in [2.05, 4.69) is 16.6 Å². The Balaban J connectivity index is 2.96. The molecule has 0 heterocycles. The molecule has 5 heteroatoms. The first kappa shape index (κ1) is 12.7. The Morgan fingerprint density at radius 1 is 1.38 bits per heavy atom. The van der Waals surface area contributed by atoms with Crippen molar-refractivity contribution < 1.29 is 8.42 Å². The molecule has 1 rings (SSSR count). The lowest BCUT2D eigenvalue weighted by Gasteiger charge is -2.10. The lowest BCUT2D eigenvalue weighted by Crippen LogP contribution is -2.20. The maximum atomic E-state index is 11.7. The summed E-state index contributed by atoms with van der Waals surface area (Å²) in [7, 11) is -2.01. The predicted octanol–water partition coefficient (Wildman–Crippen LogP) is 1.58. The van der Waals surface area contributed by atoms with E-state index in [0.717, 1.165) is 6.42 Å². The Hall–Kier alpha value is -1.33. The van der Waals surface area contributed by atoms with Gasteiger partial charge in [-0.3, -0.25) is 0 Å². The van der Waals surface area contributed by atoms with Gasteiger partial charge >= 0.3 is 0 Å². The molecule has 0 bridgehead atoms. The van der Waals surface area contributed by atoms with Gasteiger partial charge in [0.1, 0.15) is 4.90 Å². The molecule has 0 saturated carbocycles. The number of hydrogen-bond donors (Lipinski definition) is 2. The molecule has 0 fully saturated rings. The first-order valence-electron chi connectivity index (χ1n) is 4.99. The second-order valence-corrected chi connectivity index (χ2v) is 5.06. The first-order chi connectivity index (χ1) is 7.61. The molecule has 1 aromatic rings. The first-order valence-corrected chi connectivity index (χ1v) is 6.47. The third-order valence-electron chi connectivity index (χ3n) is 2.11. The van der Waals surface area contributed by atoms with Crippen LogP contribution in [0.3, 0.4) is 0 Å². The SMILES string of the molecule is C=CCCNc1ccccc1S(=O)(=O)NC. The number of sulfonamides is 1. The summed E-state index contributed by atoms with van der Waals surface area (Å²) in [5, 5.41) is 3.06. The van der Waals surface area contributed by atoms with Crippen molar-refractivity contribution in [2.45, 2.75) is 11.3 Å². The van der Waals surface area contributed by atoms with E-state index in [0.29, 0.717) is 12.2 Å². The summed E-state index contributed by atoms with van der Waals surface area (Å²) in [6.07, 6.45) is 2.57. The summed E-state index contributed by atoms with van der Waals surface area (Å²) in [6, 6.07) is 6.81. The number of benzene rings is 1. The molecule has 0 saturated heterocycles. The second kappa shape index (κ2) is 5.67. The van der Waals surface area contributed by atoms with Crippen LogP contribution in [0.5, 0.6) is 0 Å². The second-order valence-electron chi connectivity index (χ2n) is 3.21. The maximum Gasteiger partial charge on any atom is 0.242 e. The highest BCUT2D eigenvalue weighted by atomic mass is 32.2. The zero-order valence-electron chi connectivity index (χ0n) is 9.23. The van der Waals surface area contributed by atoms with E-state index in [9.17, 15) is 8.42 Å². The molecule has 88 valence electrons. The topological polar surface area (TPSA) is 58.2 Å². The Labute approximate surface area is 96.4 Å². The van der Waals surface area contributed by atoms with E-state index in [1.54, 1.807) is 30.3 Å². The van der Waals surface area contributed by atoms with Gasteiger partial charge < -0.3 is 5.32 Å². The van der Waals surface area contributed by atoms with Crippen LogP contribution < -0.4 is 10.0 Å². The quantitative estimate of drug-likeness (QED) is 0.586. The van der Waals surface area contributed by atoms with Gasteiger partial charge in [-0.15, -0.1) is 6.58 Å². The summed E-state index contributed by atoms with van der Waals surface area (Å²) >= 11 is 0. The van der Waals surface area contributed by atoms with Crippen LogP contribution in [0.2, 0.25) is 0 Å². The van der Waals surface area contributed by atoms with E-state index in [4.69, 9.17) is 0 Å². The molecule has 0 radical (unpaired) electrons. The van der Waals surface area contributed by atoms with E-state index in [-0.39, 0.29) is 4.90 Å². The number of para-hydroxylation sites is 1. The molecular weight excluding hydrogens is 224 g/mol. The molecule has 4 nitrogen and oxygen atoms in total. The van der Waals surface area contributed by atoms with Crippen LogP contribution in [0.15, 0.2) is 41.8 Å². The molecule has 0 aliphatic rings. The van der Waals surface area contributed by atoms with Crippen LogP contribution in [0.1, 0.15) is 6.42 Å². The molecule has 0 aromatic heterocycles. The lowest BCUT2D eigenvalue weighted by molar-refractivity contribution is 0.588. The molecule has 2 N–H and O–H groups in total.